The average Bonchev–Trinajstić information content (AvgIpc) is 2.37. The van der Waals surface area contributed by atoms with Crippen LogP contribution in [0.2, 0.25) is 0 Å². The molecule has 3 rings (SSSR count). The van der Waals surface area contributed by atoms with Crippen LogP contribution in [0.4, 0.5) is 0 Å². The quantitative estimate of drug-likeness (QED) is 0.808. The molecule has 1 atom stereocenters. The van der Waals surface area contributed by atoms with Gasteiger partial charge in [0.1, 0.15) is 0 Å². The van der Waals surface area contributed by atoms with E-state index in [9.17, 15) is 9.90 Å². The van der Waals surface area contributed by atoms with E-state index in [1.807, 2.05) is 42.5 Å². The van der Waals surface area contributed by atoms with Crippen molar-refractivity contribution < 1.29 is 9.90 Å². The summed E-state index contributed by atoms with van der Waals surface area (Å²) in [5.41, 5.74) is 4.28. The topological polar surface area (TPSA) is 37.3 Å². The zero-order valence-electron chi connectivity index (χ0n) is 9.26. The van der Waals surface area contributed by atoms with Gasteiger partial charge in [0.15, 0.2) is 0 Å². The number of hydrogen-bond donors (Lipinski definition) is 1. The Bertz CT molecular complexity index is 587. The minimum absolute atomic E-state index is 0.416. The van der Waals surface area contributed by atoms with Crippen molar-refractivity contribution in [1.29, 1.82) is 0 Å². The van der Waals surface area contributed by atoms with Gasteiger partial charge in [0.2, 0.25) is 0 Å². The Morgan fingerprint density at radius 1 is 1.00 bits per heavy atom. The fourth-order valence-corrected chi connectivity index (χ4v) is 2.56. The molecule has 0 amide bonds. The first kappa shape index (κ1) is 10.1. The summed E-state index contributed by atoms with van der Waals surface area (Å²) >= 11 is 0. The molecule has 2 nitrogen and oxygen atoms in total. The highest BCUT2D eigenvalue weighted by atomic mass is 16.4. The van der Waals surface area contributed by atoms with Gasteiger partial charge in [-0.15, -0.1) is 0 Å². The number of rotatable bonds is 1. The van der Waals surface area contributed by atoms with Gasteiger partial charge in [-0.1, -0.05) is 48.5 Å². The molecule has 1 unspecified atom stereocenters. The Morgan fingerprint density at radius 3 is 2.41 bits per heavy atom. The van der Waals surface area contributed by atoms with Gasteiger partial charge in [-0.25, -0.2) is 0 Å². The molecule has 0 fully saturated rings. The molecule has 0 aromatic heterocycles. The predicted octanol–water partition coefficient (Wildman–Crippen LogP) is 3.08. The minimum Gasteiger partial charge on any atom is -0.481 e. The summed E-state index contributed by atoms with van der Waals surface area (Å²) in [5.74, 6) is -1.16. The zero-order valence-corrected chi connectivity index (χ0v) is 9.26. The summed E-state index contributed by atoms with van der Waals surface area (Å²) in [6.45, 7) is 0. The molecule has 0 saturated carbocycles. The molecule has 84 valence electrons. The van der Waals surface area contributed by atoms with Crippen LogP contribution < -0.4 is 0 Å². The second kappa shape index (κ2) is 3.74. The molecule has 0 spiro atoms. The second-order valence-corrected chi connectivity index (χ2v) is 4.34. The molecule has 1 N–H and O–H groups in total. The molecule has 2 aromatic rings. The third-order valence-corrected chi connectivity index (χ3v) is 3.37. The van der Waals surface area contributed by atoms with Gasteiger partial charge in [-0.3, -0.25) is 4.79 Å². The molecule has 2 aromatic carbocycles. The molecule has 0 bridgehead atoms. The van der Waals surface area contributed by atoms with Crippen LogP contribution in [0.3, 0.4) is 0 Å². The third kappa shape index (κ3) is 1.53. The lowest BCUT2D eigenvalue weighted by Crippen LogP contribution is -2.19. The number of benzene rings is 2. The number of hydrogen-bond acceptors (Lipinski definition) is 1. The van der Waals surface area contributed by atoms with E-state index in [1.54, 1.807) is 0 Å². The standard InChI is InChI=1S/C15H12O2/c16-15(17)14-9-10-5-1-2-6-11(10)12-7-3-4-8-13(12)14/h1-8,14H,9H2,(H,16,17). The molecule has 17 heavy (non-hydrogen) atoms. The number of fused-ring (bicyclic) bond motifs is 3. The van der Waals surface area contributed by atoms with Crippen LogP contribution in [-0.4, -0.2) is 11.1 Å². The van der Waals surface area contributed by atoms with E-state index in [0.717, 1.165) is 16.7 Å². The number of carbonyl (C=O) groups is 1. The Kier molecular flexibility index (Phi) is 2.22. The fourth-order valence-electron chi connectivity index (χ4n) is 2.56. The van der Waals surface area contributed by atoms with E-state index in [4.69, 9.17) is 0 Å². The summed E-state index contributed by atoms with van der Waals surface area (Å²) in [5, 5.41) is 9.31. The maximum Gasteiger partial charge on any atom is 0.311 e. The lowest BCUT2D eigenvalue weighted by atomic mass is 9.79. The van der Waals surface area contributed by atoms with Crippen LogP contribution in [0.25, 0.3) is 11.1 Å². The maximum absolute atomic E-state index is 11.3. The maximum atomic E-state index is 11.3. The molecule has 1 aliphatic carbocycles. The van der Waals surface area contributed by atoms with Gasteiger partial charge in [0.05, 0.1) is 5.92 Å². The highest BCUT2D eigenvalue weighted by Crippen LogP contribution is 2.39. The van der Waals surface area contributed by atoms with Gasteiger partial charge in [0.25, 0.3) is 0 Å². The van der Waals surface area contributed by atoms with Crippen LogP contribution in [0.15, 0.2) is 48.5 Å². The van der Waals surface area contributed by atoms with E-state index in [2.05, 4.69) is 6.07 Å². The van der Waals surface area contributed by atoms with Crippen molar-refractivity contribution in [2.45, 2.75) is 12.3 Å². The fraction of sp³-hybridized carbons (Fsp3) is 0.133. The molecule has 0 saturated heterocycles. The lowest BCUT2D eigenvalue weighted by molar-refractivity contribution is -0.138. The molecule has 2 heteroatoms. The van der Waals surface area contributed by atoms with Crippen LogP contribution >= 0.6 is 0 Å². The predicted molar refractivity (Wildman–Crippen MR) is 66.0 cm³/mol. The largest absolute Gasteiger partial charge is 0.481 e. The zero-order chi connectivity index (χ0) is 11.8. The van der Waals surface area contributed by atoms with Crippen molar-refractivity contribution in [2.75, 3.05) is 0 Å². The summed E-state index contributed by atoms with van der Waals surface area (Å²) in [7, 11) is 0. The number of aliphatic carboxylic acids is 1. The van der Waals surface area contributed by atoms with E-state index in [-0.39, 0.29) is 0 Å². The molecule has 0 radical (unpaired) electrons. The van der Waals surface area contributed by atoms with E-state index < -0.39 is 11.9 Å². The normalized spacial score (nSPS) is 17.1. The summed E-state index contributed by atoms with van der Waals surface area (Å²) in [6.07, 6.45) is 0.586. The highest BCUT2D eigenvalue weighted by molar-refractivity contribution is 5.85. The first-order valence-electron chi connectivity index (χ1n) is 5.67. The number of carboxylic acids is 1. The first-order chi connectivity index (χ1) is 8.27. The Labute approximate surface area is 99.5 Å². The third-order valence-electron chi connectivity index (χ3n) is 3.37. The second-order valence-electron chi connectivity index (χ2n) is 4.34. The van der Waals surface area contributed by atoms with Crippen LogP contribution in [0.5, 0.6) is 0 Å². The van der Waals surface area contributed by atoms with Crippen LogP contribution in [0, 0.1) is 0 Å². The summed E-state index contributed by atoms with van der Waals surface area (Å²) in [4.78, 5) is 11.3. The highest BCUT2D eigenvalue weighted by Gasteiger charge is 2.28. The van der Waals surface area contributed by atoms with E-state index >= 15 is 0 Å². The summed E-state index contributed by atoms with van der Waals surface area (Å²) in [6, 6.07) is 15.8. The molecule has 0 heterocycles. The number of carboxylic acid groups (broad SMARTS) is 1. The van der Waals surface area contributed by atoms with Crippen molar-refractivity contribution in [2.24, 2.45) is 0 Å². The Hall–Kier alpha value is -2.09. The molecule has 0 aliphatic heterocycles. The van der Waals surface area contributed by atoms with Gasteiger partial charge >= 0.3 is 5.97 Å². The van der Waals surface area contributed by atoms with Gasteiger partial charge in [-0.05, 0) is 28.7 Å². The van der Waals surface area contributed by atoms with E-state index in [1.165, 1.54) is 5.56 Å². The van der Waals surface area contributed by atoms with E-state index in [0.29, 0.717) is 6.42 Å². The van der Waals surface area contributed by atoms with Crippen molar-refractivity contribution in [3.05, 3.63) is 59.7 Å². The van der Waals surface area contributed by atoms with Crippen molar-refractivity contribution in [1.82, 2.24) is 0 Å². The summed E-state index contributed by atoms with van der Waals surface area (Å²) < 4.78 is 0. The molecular formula is C15H12O2. The van der Waals surface area contributed by atoms with Gasteiger partial charge < -0.3 is 5.11 Å². The van der Waals surface area contributed by atoms with Gasteiger partial charge in [0, 0.05) is 0 Å². The van der Waals surface area contributed by atoms with Crippen molar-refractivity contribution in [3.8, 4) is 11.1 Å². The molecular weight excluding hydrogens is 212 g/mol. The SMILES string of the molecule is O=C(O)C1Cc2ccccc2-c2ccccc21. The smallest absolute Gasteiger partial charge is 0.311 e. The monoisotopic (exact) mass is 224 g/mol. The van der Waals surface area contributed by atoms with Gasteiger partial charge in [-0.2, -0.15) is 0 Å². The Balaban J connectivity index is 2.26. The Morgan fingerprint density at radius 2 is 1.65 bits per heavy atom. The first-order valence-corrected chi connectivity index (χ1v) is 5.67. The minimum atomic E-state index is -0.744. The average molecular weight is 224 g/mol. The van der Waals surface area contributed by atoms with Crippen LogP contribution in [0.1, 0.15) is 17.0 Å². The van der Waals surface area contributed by atoms with Crippen molar-refractivity contribution >= 4 is 5.97 Å². The molecule has 1 aliphatic rings. The van der Waals surface area contributed by atoms with Crippen LogP contribution in [-0.2, 0) is 11.2 Å². The lowest BCUT2D eigenvalue weighted by Gasteiger charge is -2.24. The van der Waals surface area contributed by atoms with Crippen molar-refractivity contribution in [3.63, 3.8) is 0 Å².